The smallest absolute Gasteiger partial charge is 0.295 e. The number of nitrogens with zero attached hydrogens (tertiary/aromatic N) is 1. The molecule has 3 aromatic carbocycles. The average molecular weight is 468 g/mol. The van der Waals surface area contributed by atoms with E-state index in [1.165, 1.54) is 29.2 Å². The standard InChI is InChI=1S/C23H12BrF2NO3/c24-12-4-3-5-14(10-12)27-20(15-6-1-2-7-17(15)26)19-21(28)16-11-13(25)8-9-18(16)30-22(19)23(27)29/h1-11,20H. The molecule has 5 rings (SSSR count). The molecule has 1 aliphatic rings. The van der Waals surface area contributed by atoms with E-state index < -0.39 is 29.0 Å². The maximum absolute atomic E-state index is 14.8. The Balaban J connectivity index is 1.86. The average Bonchev–Trinajstić information content (AvgIpc) is 3.01. The van der Waals surface area contributed by atoms with E-state index >= 15 is 0 Å². The lowest BCUT2D eigenvalue weighted by Crippen LogP contribution is -2.30. The number of carbonyl (C=O) groups excluding carboxylic acids is 1. The fraction of sp³-hybridized carbons (Fsp3) is 0.0435. The molecule has 0 bridgehead atoms. The number of hydrogen-bond acceptors (Lipinski definition) is 3. The Labute approximate surface area is 177 Å². The third-order valence-corrected chi connectivity index (χ3v) is 5.61. The van der Waals surface area contributed by atoms with Crippen molar-refractivity contribution >= 4 is 38.5 Å². The third-order valence-electron chi connectivity index (χ3n) is 5.12. The van der Waals surface area contributed by atoms with Gasteiger partial charge in [-0.05, 0) is 42.5 Å². The molecule has 0 saturated carbocycles. The van der Waals surface area contributed by atoms with Gasteiger partial charge in [0.05, 0.1) is 17.0 Å². The summed E-state index contributed by atoms with van der Waals surface area (Å²) in [7, 11) is 0. The van der Waals surface area contributed by atoms with E-state index in [2.05, 4.69) is 15.9 Å². The van der Waals surface area contributed by atoms with Crippen LogP contribution in [-0.2, 0) is 0 Å². The highest BCUT2D eigenvalue weighted by atomic mass is 79.9. The molecule has 1 aromatic heterocycles. The molecule has 2 heterocycles. The summed E-state index contributed by atoms with van der Waals surface area (Å²) in [6.45, 7) is 0. The second-order valence-electron chi connectivity index (χ2n) is 6.89. The molecule has 30 heavy (non-hydrogen) atoms. The quantitative estimate of drug-likeness (QED) is 0.386. The van der Waals surface area contributed by atoms with Crippen LogP contribution in [0.4, 0.5) is 14.5 Å². The van der Waals surface area contributed by atoms with E-state index in [0.717, 1.165) is 12.1 Å². The maximum Gasteiger partial charge on any atom is 0.295 e. The van der Waals surface area contributed by atoms with Crippen molar-refractivity contribution in [1.82, 2.24) is 0 Å². The van der Waals surface area contributed by atoms with Gasteiger partial charge in [-0.1, -0.05) is 40.2 Å². The first-order valence-corrected chi connectivity index (χ1v) is 9.85. The molecular weight excluding hydrogens is 456 g/mol. The van der Waals surface area contributed by atoms with Gasteiger partial charge >= 0.3 is 0 Å². The lowest BCUT2D eigenvalue weighted by molar-refractivity contribution is 0.0971. The first-order chi connectivity index (χ1) is 14.5. The number of amides is 1. The van der Waals surface area contributed by atoms with Gasteiger partial charge in [0, 0.05) is 15.7 Å². The molecule has 1 atom stereocenters. The molecule has 0 saturated heterocycles. The Morgan fingerprint density at radius 2 is 1.73 bits per heavy atom. The van der Waals surface area contributed by atoms with Crippen molar-refractivity contribution in [3.8, 4) is 0 Å². The first kappa shape index (κ1) is 18.7. The fourth-order valence-electron chi connectivity index (χ4n) is 3.83. The van der Waals surface area contributed by atoms with E-state index in [1.807, 2.05) is 0 Å². The minimum Gasteiger partial charge on any atom is -0.450 e. The van der Waals surface area contributed by atoms with Crippen molar-refractivity contribution in [3.05, 3.63) is 110 Å². The normalized spacial score (nSPS) is 15.6. The van der Waals surface area contributed by atoms with E-state index in [4.69, 9.17) is 4.42 Å². The van der Waals surface area contributed by atoms with Crippen LogP contribution < -0.4 is 10.3 Å². The zero-order valence-electron chi connectivity index (χ0n) is 15.2. The Bertz CT molecular complexity index is 1400. The topological polar surface area (TPSA) is 50.5 Å². The van der Waals surface area contributed by atoms with Crippen molar-refractivity contribution in [3.63, 3.8) is 0 Å². The van der Waals surface area contributed by atoms with Crippen molar-refractivity contribution in [2.24, 2.45) is 0 Å². The fourth-order valence-corrected chi connectivity index (χ4v) is 4.22. The zero-order valence-corrected chi connectivity index (χ0v) is 16.8. The van der Waals surface area contributed by atoms with Crippen molar-refractivity contribution in [2.75, 3.05) is 4.90 Å². The van der Waals surface area contributed by atoms with Crippen LogP contribution in [0.25, 0.3) is 11.0 Å². The molecule has 7 heteroatoms. The molecular formula is C23H12BrF2NO3. The first-order valence-electron chi connectivity index (χ1n) is 9.05. The van der Waals surface area contributed by atoms with Crippen LogP contribution in [0, 0.1) is 11.6 Å². The molecule has 1 aliphatic heterocycles. The molecule has 0 spiro atoms. The van der Waals surface area contributed by atoms with Crippen LogP contribution in [-0.4, -0.2) is 5.91 Å². The Morgan fingerprint density at radius 1 is 0.933 bits per heavy atom. The summed E-state index contributed by atoms with van der Waals surface area (Å²) in [5.74, 6) is -1.92. The van der Waals surface area contributed by atoms with Crippen LogP contribution in [0.1, 0.15) is 27.7 Å². The van der Waals surface area contributed by atoms with Crippen LogP contribution >= 0.6 is 15.9 Å². The van der Waals surface area contributed by atoms with Crippen LogP contribution in [0.5, 0.6) is 0 Å². The largest absolute Gasteiger partial charge is 0.450 e. The Hall–Kier alpha value is -3.32. The van der Waals surface area contributed by atoms with Crippen LogP contribution in [0.2, 0.25) is 0 Å². The number of carbonyl (C=O) groups is 1. The molecule has 1 unspecified atom stereocenters. The predicted molar refractivity (Wildman–Crippen MR) is 112 cm³/mol. The van der Waals surface area contributed by atoms with Crippen LogP contribution in [0.15, 0.2) is 80.4 Å². The highest BCUT2D eigenvalue weighted by molar-refractivity contribution is 9.10. The Kier molecular flexibility index (Phi) is 4.29. The monoisotopic (exact) mass is 467 g/mol. The lowest BCUT2D eigenvalue weighted by Gasteiger charge is -2.25. The molecule has 148 valence electrons. The summed E-state index contributed by atoms with van der Waals surface area (Å²) < 4.78 is 35.0. The minimum atomic E-state index is -1.05. The summed E-state index contributed by atoms with van der Waals surface area (Å²) >= 11 is 3.37. The summed E-state index contributed by atoms with van der Waals surface area (Å²) in [4.78, 5) is 28.0. The van der Waals surface area contributed by atoms with Gasteiger partial charge in [-0.3, -0.25) is 14.5 Å². The van der Waals surface area contributed by atoms with E-state index in [0.29, 0.717) is 10.2 Å². The summed E-state index contributed by atoms with van der Waals surface area (Å²) in [5, 5.41) is -0.000943. The highest BCUT2D eigenvalue weighted by Gasteiger charge is 2.44. The molecule has 0 N–H and O–H groups in total. The van der Waals surface area contributed by atoms with Crippen molar-refractivity contribution in [1.29, 1.82) is 0 Å². The van der Waals surface area contributed by atoms with Crippen molar-refractivity contribution in [2.45, 2.75) is 6.04 Å². The van der Waals surface area contributed by atoms with Gasteiger partial charge in [0.1, 0.15) is 17.2 Å². The number of hydrogen-bond donors (Lipinski definition) is 0. The zero-order chi connectivity index (χ0) is 21.0. The van der Waals surface area contributed by atoms with Gasteiger partial charge in [-0.15, -0.1) is 0 Å². The van der Waals surface area contributed by atoms with Gasteiger partial charge in [0.15, 0.2) is 5.43 Å². The number of fused-ring (bicyclic) bond motifs is 2. The van der Waals surface area contributed by atoms with E-state index in [9.17, 15) is 18.4 Å². The van der Waals surface area contributed by atoms with Gasteiger partial charge < -0.3 is 4.42 Å². The highest BCUT2D eigenvalue weighted by Crippen LogP contribution is 2.42. The molecule has 0 fully saturated rings. The van der Waals surface area contributed by atoms with Gasteiger partial charge in [-0.2, -0.15) is 0 Å². The second-order valence-corrected chi connectivity index (χ2v) is 7.81. The number of benzene rings is 3. The Morgan fingerprint density at radius 3 is 2.50 bits per heavy atom. The molecule has 4 aromatic rings. The molecule has 4 nitrogen and oxygen atoms in total. The van der Waals surface area contributed by atoms with Crippen molar-refractivity contribution < 1.29 is 18.0 Å². The third kappa shape index (κ3) is 2.77. The second kappa shape index (κ2) is 6.88. The predicted octanol–water partition coefficient (Wildman–Crippen LogP) is 5.58. The van der Waals surface area contributed by atoms with Gasteiger partial charge in [0.2, 0.25) is 5.76 Å². The summed E-state index contributed by atoms with van der Waals surface area (Å²) in [6, 6.07) is 15.3. The van der Waals surface area contributed by atoms with E-state index in [-0.39, 0.29) is 27.9 Å². The minimum absolute atomic E-state index is 0.000943. The maximum atomic E-state index is 14.8. The number of rotatable bonds is 2. The number of halogens is 3. The van der Waals surface area contributed by atoms with Gasteiger partial charge in [0.25, 0.3) is 5.91 Å². The summed E-state index contributed by atoms with van der Waals surface area (Å²) in [5.41, 5.74) is 0.126. The summed E-state index contributed by atoms with van der Waals surface area (Å²) in [6.07, 6.45) is 0. The molecule has 0 radical (unpaired) electrons. The molecule has 1 amide bonds. The van der Waals surface area contributed by atoms with E-state index in [1.54, 1.807) is 30.3 Å². The number of anilines is 1. The molecule has 0 aliphatic carbocycles. The SMILES string of the molecule is O=C1c2oc3ccc(F)cc3c(=O)c2C(c2ccccc2F)N1c1cccc(Br)c1. The van der Waals surface area contributed by atoms with Gasteiger partial charge in [-0.25, -0.2) is 8.78 Å². The lowest BCUT2D eigenvalue weighted by atomic mass is 9.97. The van der Waals surface area contributed by atoms with Crippen LogP contribution in [0.3, 0.4) is 0 Å².